The van der Waals surface area contributed by atoms with Crippen LogP contribution in [0, 0.1) is 11.8 Å². The lowest BCUT2D eigenvalue weighted by Crippen LogP contribution is -2.41. The van der Waals surface area contributed by atoms with Crippen molar-refractivity contribution in [1.29, 1.82) is 0 Å². The third kappa shape index (κ3) is 5.24. The van der Waals surface area contributed by atoms with Gasteiger partial charge in [0.05, 0.1) is 6.54 Å². The Bertz CT molecular complexity index is 350. The van der Waals surface area contributed by atoms with Crippen molar-refractivity contribution in [2.24, 2.45) is 11.8 Å². The maximum Gasteiger partial charge on any atom is 0.236 e. The third-order valence-electron chi connectivity index (χ3n) is 5.59. The molecule has 1 aliphatic heterocycles. The van der Waals surface area contributed by atoms with Crippen LogP contribution in [0.4, 0.5) is 0 Å². The van der Waals surface area contributed by atoms with Gasteiger partial charge in [-0.2, -0.15) is 0 Å². The van der Waals surface area contributed by atoms with Crippen molar-refractivity contribution in [3.8, 4) is 0 Å². The zero-order chi connectivity index (χ0) is 15.2. The van der Waals surface area contributed by atoms with Gasteiger partial charge in [0.15, 0.2) is 0 Å². The second kappa shape index (κ2) is 8.30. The minimum Gasteiger partial charge on any atom is -0.340 e. The van der Waals surface area contributed by atoms with Gasteiger partial charge >= 0.3 is 0 Å². The number of hydrogen-bond donors (Lipinski definition) is 1. The summed E-state index contributed by atoms with van der Waals surface area (Å²) in [5.74, 6) is 2.07. The fourth-order valence-corrected chi connectivity index (χ4v) is 3.95. The van der Waals surface area contributed by atoms with Crippen molar-refractivity contribution >= 4 is 5.91 Å². The van der Waals surface area contributed by atoms with E-state index < -0.39 is 0 Å². The quantitative estimate of drug-likeness (QED) is 0.816. The third-order valence-corrected chi connectivity index (χ3v) is 5.59. The van der Waals surface area contributed by atoms with Crippen LogP contribution in [0.1, 0.15) is 51.4 Å². The monoisotopic (exact) mass is 307 g/mol. The van der Waals surface area contributed by atoms with E-state index in [0.717, 1.165) is 44.4 Å². The van der Waals surface area contributed by atoms with E-state index in [1.807, 2.05) is 0 Å². The maximum absolute atomic E-state index is 12.3. The van der Waals surface area contributed by atoms with Crippen LogP contribution in [0.15, 0.2) is 0 Å². The first kappa shape index (κ1) is 16.3. The van der Waals surface area contributed by atoms with E-state index >= 15 is 0 Å². The van der Waals surface area contributed by atoms with E-state index in [9.17, 15) is 4.79 Å². The average molecular weight is 307 g/mol. The molecule has 0 aromatic rings. The highest BCUT2D eigenvalue weighted by molar-refractivity contribution is 5.78. The van der Waals surface area contributed by atoms with Gasteiger partial charge in [-0.15, -0.1) is 0 Å². The number of nitrogens with zero attached hydrogens (tertiary/aromatic N) is 2. The lowest BCUT2D eigenvalue weighted by atomic mass is 9.89. The maximum atomic E-state index is 12.3. The van der Waals surface area contributed by atoms with Gasteiger partial charge in [0.1, 0.15) is 0 Å². The molecule has 3 aliphatic rings. The molecule has 0 spiro atoms. The number of carbonyl (C=O) groups is 1. The van der Waals surface area contributed by atoms with Gasteiger partial charge in [-0.3, -0.25) is 4.79 Å². The van der Waals surface area contributed by atoms with E-state index in [-0.39, 0.29) is 0 Å². The Hall–Kier alpha value is -0.610. The second-order valence-corrected chi connectivity index (χ2v) is 7.61. The van der Waals surface area contributed by atoms with Gasteiger partial charge in [0, 0.05) is 26.2 Å². The van der Waals surface area contributed by atoms with Crippen molar-refractivity contribution in [2.75, 3.05) is 45.8 Å². The standard InChI is InChI=1S/C18H33N3O/c22-18(14-19-13-16-7-8-16)21-10-4-9-20(11-12-21)15-17-5-2-1-3-6-17/h16-17,19H,1-15H2. The topological polar surface area (TPSA) is 35.6 Å². The first-order valence-corrected chi connectivity index (χ1v) is 9.52. The molecule has 4 heteroatoms. The summed E-state index contributed by atoms with van der Waals surface area (Å²) >= 11 is 0. The molecule has 22 heavy (non-hydrogen) atoms. The molecule has 3 rings (SSSR count). The van der Waals surface area contributed by atoms with Crippen molar-refractivity contribution in [3.05, 3.63) is 0 Å². The molecule has 0 atom stereocenters. The fraction of sp³-hybridized carbons (Fsp3) is 0.944. The summed E-state index contributed by atoms with van der Waals surface area (Å²) in [6, 6.07) is 0. The fourth-order valence-electron chi connectivity index (χ4n) is 3.95. The van der Waals surface area contributed by atoms with Gasteiger partial charge in [-0.25, -0.2) is 0 Å². The van der Waals surface area contributed by atoms with Gasteiger partial charge in [-0.05, 0) is 57.0 Å². The smallest absolute Gasteiger partial charge is 0.236 e. The number of amides is 1. The summed E-state index contributed by atoms with van der Waals surface area (Å²) in [6.07, 6.45) is 11.0. The van der Waals surface area contributed by atoms with Crippen LogP contribution < -0.4 is 5.32 Å². The molecule has 1 N–H and O–H groups in total. The number of hydrogen-bond acceptors (Lipinski definition) is 3. The number of nitrogens with one attached hydrogen (secondary N) is 1. The van der Waals surface area contributed by atoms with E-state index in [4.69, 9.17) is 0 Å². The molecule has 1 amide bonds. The van der Waals surface area contributed by atoms with Gasteiger partial charge in [0.25, 0.3) is 0 Å². The normalized spacial score (nSPS) is 25.2. The van der Waals surface area contributed by atoms with Crippen molar-refractivity contribution in [2.45, 2.75) is 51.4 Å². The highest BCUT2D eigenvalue weighted by Gasteiger charge is 2.23. The molecule has 0 aromatic heterocycles. The molecular weight excluding hydrogens is 274 g/mol. The van der Waals surface area contributed by atoms with Crippen LogP contribution in [-0.2, 0) is 4.79 Å². The highest BCUT2D eigenvalue weighted by atomic mass is 16.2. The molecule has 4 nitrogen and oxygen atoms in total. The van der Waals surface area contributed by atoms with Crippen LogP contribution in [0.2, 0.25) is 0 Å². The Morgan fingerprint density at radius 1 is 0.864 bits per heavy atom. The van der Waals surface area contributed by atoms with E-state index in [2.05, 4.69) is 15.1 Å². The van der Waals surface area contributed by atoms with Crippen molar-refractivity contribution < 1.29 is 4.79 Å². The molecule has 2 saturated carbocycles. The molecule has 126 valence electrons. The Morgan fingerprint density at radius 3 is 2.45 bits per heavy atom. The van der Waals surface area contributed by atoms with E-state index in [1.165, 1.54) is 58.0 Å². The molecule has 0 radical (unpaired) electrons. The zero-order valence-corrected chi connectivity index (χ0v) is 14.1. The summed E-state index contributed by atoms with van der Waals surface area (Å²) in [6.45, 7) is 6.97. The predicted octanol–water partition coefficient (Wildman–Crippen LogP) is 2.10. The van der Waals surface area contributed by atoms with E-state index in [0.29, 0.717) is 12.5 Å². The Morgan fingerprint density at radius 2 is 1.68 bits per heavy atom. The molecular formula is C18H33N3O. The van der Waals surface area contributed by atoms with Crippen LogP contribution in [0.25, 0.3) is 0 Å². The van der Waals surface area contributed by atoms with Crippen LogP contribution in [0.5, 0.6) is 0 Å². The largest absolute Gasteiger partial charge is 0.340 e. The van der Waals surface area contributed by atoms with Crippen molar-refractivity contribution in [3.63, 3.8) is 0 Å². The molecule has 1 heterocycles. The van der Waals surface area contributed by atoms with Gasteiger partial charge in [0.2, 0.25) is 5.91 Å². The van der Waals surface area contributed by atoms with E-state index in [1.54, 1.807) is 0 Å². The van der Waals surface area contributed by atoms with Crippen LogP contribution >= 0.6 is 0 Å². The van der Waals surface area contributed by atoms with Gasteiger partial charge < -0.3 is 15.1 Å². The van der Waals surface area contributed by atoms with Crippen LogP contribution in [-0.4, -0.2) is 61.5 Å². The minimum absolute atomic E-state index is 0.306. The zero-order valence-electron chi connectivity index (χ0n) is 14.1. The summed E-state index contributed by atoms with van der Waals surface area (Å²) in [5, 5.41) is 3.34. The number of rotatable bonds is 6. The minimum atomic E-state index is 0.306. The second-order valence-electron chi connectivity index (χ2n) is 7.61. The molecule has 0 unspecified atom stereocenters. The highest BCUT2D eigenvalue weighted by Crippen LogP contribution is 2.27. The average Bonchev–Trinajstić information content (AvgIpc) is 3.36. The lowest BCUT2D eigenvalue weighted by Gasteiger charge is -2.28. The first-order valence-electron chi connectivity index (χ1n) is 9.52. The molecule has 0 bridgehead atoms. The Labute approximate surface area is 135 Å². The first-order chi connectivity index (χ1) is 10.8. The SMILES string of the molecule is O=C(CNCC1CC1)N1CCCN(CC2CCCCC2)CC1. The van der Waals surface area contributed by atoms with Crippen molar-refractivity contribution in [1.82, 2.24) is 15.1 Å². The summed E-state index contributed by atoms with van der Waals surface area (Å²) in [4.78, 5) is 17.0. The number of carbonyl (C=O) groups excluding carboxylic acids is 1. The molecule has 1 saturated heterocycles. The van der Waals surface area contributed by atoms with Gasteiger partial charge in [-0.1, -0.05) is 19.3 Å². The lowest BCUT2D eigenvalue weighted by molar-refractivity contribution is -0.130. The molecule has 3 fully saturated rings. The Balaban J connectivity index is 1.35. The summed E-state index contributed by atoms with van der Waals surface area (Å²) < 4.78 is 0. The molecule has 0 aromatic carbocycles. The predicted molar refractivity (Wildman–Crippen MR) is 89.8 cm³/mol. The molecule has 2 aliphatic carbocycles. The Kier molecular flexibility index (Phi) is 6.13. The van der Waals surface area contributed by atoms with Crippen LogP contribution in [0.3, 0.4) is 0 Å². The summed E-state index contributed by atoms with van der Waals surface area (Å²) in [7, 11) is 0. The summed E-state index contributed by atoms with van der Waals surface area (Å²) in [5.41, 5.74) is 0.